The number of methoxy groups -OCH3 is 1. The van der Waals surface area contributed by atoms with Crippen molar-refractivity contribution in [3.8, 4) is 22.5 Å². The number of tetrazole rings is 1. The number of aryl methyl sites for hydroxylation is 1. The molecule has 0 aliphatic heterocycles. The Morgan fingerprint density at radius 2 is 1.82 bits per heavy atom. The van der Waals surface area contributed by atoms with Gasteiger partial charge in [-0.15, -0.1) is 10.2 Å². The first kappa shape index (κ1) is 22.5. The van der Waals surface area contributed by atoms with Gasteiger partial charge in [-0.1, -0.05) is 61.9 Å². The number of benzene rings is 2. The van der Waals surface area contributed by atoms with Gasteiger partial charge in [0, 0.05) is 31.6 Å². The average molecular weight is 445 g/mol. The molecule has 0 saturated heterocycles. The predicted octanol–water partition coefficient (Wildman–Crippen LogP) is 3.67. The van der Waals surface area contributed by atoms with Crippen molar-refractivity contribution in [3.05, 3.63) is 82.0 Å². The maximum absolute atomic E-state index is 12.9. The zero-order chi connectivity index (χ0) is 23.0. The lowest BCUT2D eigenvalue weighted by atomic mass is 9.98. The second-order valence-corrected chi connectivity index (χ2v) is 7.91. The van der Waals surface area contributed by atoms with Gasteiger partial charge in [0.2, 0.25) is 5.82 Å². The van der Waals surface area contributed by atoms with E-state index < -0.39 is 0 Å². The second kappa shape index (κ2) is 10.8. The fraction of sp³-hybridized carbons (Fsp3) is 0.320. The molecule has 8 nitrogen and oxygen atoms in total. The topological polar surface area (TPSA) is 98.6 Å². The standard InChI is InChI=1S/C25H28N6O2/c1-3-4-9-23-26-20(14-15-33-2)16-24(32)31(23)17-18-10-12-19(13-11-18)21-7-5-6-8-22(21)25-27-29-30-28-25/h5-8,10-13,16H,3-4,9,14-15,17H2,1-2H3,(H,27,28,29,30). The number of nitrogens with zero attached hydrogens (tertiary/aromatic N) is 5. The summed E-state index contributed by atoms with van der Waals surface area (Å²) in [6, 6.07) is 17.8. The minimum Gasteiger partial charge on any atom is -0.384 e. The molecule has 33 heavy (non-hydrogen) atoms. The molecule has 0 saturated carbocycles. The van der Waals surface area contributed by atoms with Gasteiger partial charge < -0.3 is 4.74 Å². The zero-order valence-electron chi connectivity index (χ0n) is 19.0. The molecule has 0 spiro atoms. The number of unbranched alkanes of at least 4 members (excludes halogenated alkanes) is 1. The maximum atomic E-state index is 12.9. The van der Waals surface area contributed by atoms with Crippen LogP contribution >= 0.6 is 0 Å². The minimum atomic E-state index is -0.0197. The SMILES string of the molecule is CCCCc1nc(CCOC)cc(=O)n1Cc1ccc(-c2ccccc2-c2nn[nH]n2)cc1. The van der Waals surface area contributed by atoms with E-state index in [0.717, 1.165) is 53.0 Å². The van der Waals surface area contributed by atoms with Gasteiger partial charge in [-0.3, -0.25) is 9.36 Å². The molecule has 0 fully saturated rings. The molecule has 0 bridgehead atoms. The van der Waals surface area contributed by atoms with Crippen molar-refractivity contribution >= 4 is 0 Å². The van der Waals surface area contributed by atoms with E-state index in [2.05, 4.69) is 51.8 Å². The quantitative estimate of drug-likeness (QED) is 0.401. The number of H-pyrrole nitrogens is 1. The lowest BCUT2D eigenvalue weighted by Crippen LogP contribution is -2.26. The Morgan fingerprint density at radius 3 is 2.52 bits per heavy atom. The Balaban J connectivity index is 1.61. The van der Waals surface area contributed by atoms with Crippen molar-refractivity contribution < 1.29 is 4.74 Å². The average Bonchev–Trinajstić information content (AvgIpc) is 3.38. The van der Waals surface area contributed by atoms with Gasteiger partial charge in [-0.2, -0.15) is 5.21 Å². The number of aromatic nitrogens is 6. The van der Waals surface area contributed by atoms with Crippen LogP contribution in [0.3, 0.4) is 0 Å². The zero-order valence-corrected chi connectivity index (χ0v) is 19.0. The summed E-state index contributed by atoms with van der Waals surface area (Å²) in [6.45, 7) is 3.18. The molecule has 4 rings (SSSR count). The highest BCUT2D eigenvalue weighted by atomic mass is 16.5. The molecule has 1 N–H and O–H groups in total. The molecule has 2 heterocycles. The summed E-state index contributed by atoms with van der Waals surface area (Å²) in [5.74, 6) is 1.39. The summed E-state index contributed by atoms with van der Waals surface area (Å²) in [5, 5.41) is 14.4. The van der Waals surface area contributed by atoms with Crippen molar-refractivity contribution in [2.75, 3.05) is 13.7 Å². The van der Waals surface area contributed by atoms with Crippen LogP contribution in [-0.2, 0) is 24.1 Å². The molecule has 4 aromatic rings. The van der Waals surface area contributed by atoms with Crippen LogP contribution in [0, 0.1) is 0 Å². The highest BCUT2D eigenvalue weighted by Gasteiger charge is 2.12. The van der Waals surface area contributed by atoms with Crippen molar-refractivity contribution in [1.29, 1.82) is 0 Å². The molecule has 0 radical (unpaired) electrons. The number of hydrogen-bond donors (Lipinski definition) is 1. The van der Waals surface area contributed by atoms with E-state index in [1.807, 2.05) is 24.3 Å². The van der Waals surface area contributed by atoms with Crippen LogP contribution in [0.5, 0.6) is 0 Å². The summed E-state index contributed by atoms with van der Waals surface area (Å²) < 4.78 is 6.94. The third-order valence-electron chi connectivity index (χ3n) is 5.58. The first-order valence-electron chi connectivity index (χ1n) is 11.2. The van der Waals surface area contributed by atoms with Crippen molar-refractivity contribution in [1.82, 2.24) is 30.2 Å². The van der Waals surface area contributed by atoms with E-state index >= 15 is 0 Å². The van der Waals surface area contributed by atoms with Crippen LogP contribution in [-0.4, -0.2) is 43.9 Å². The number of nitrogens with one attached hydrogen (secondary N) is 1. The Morgan fingerprint density at radius 1 is 1.03 bits per heavy atom. The van der Waals surface area contributed by atoms with E-state index in [0.29, 0.717) is 25.4 Å². The molecule has 170 valence electrons. The first-order chi connectivity index (χ1) is 16.2. The summed E-state index contributed by atoms with van der Waals surface area (Å²) in [4.78, 5) is 17.7. The highest BCUT2D eigenvalue weighted by Crippen LogP contribution is 2.29. The van der Waals surface area contributed by atoms with Crippen LogP contribution in [0.2, 0.25) is 0 Å². The van der Waals surface area contributed by atoms with Crippen LogP contribution < -0.4 is 5.56 Å². The lowest BCUT2D eigenvalue weighted by molar-refractivity contribution is 0.201. The maximum Gasteiger partial charge on any atom is 0.254 e. The van der Waals surface area contributed by atoms with E-state index in [1.165, 1.54) is 0 Å². The highest BCUT2D eigenvalue weighted by molar-refractivity contribution is 5.80. The summed E-state index contributed by atoms with van der Waals surface area (Å²) in [7, 11) is 1.66. The van der Waals surface area contributed by atoms with Crippen LogP contribution in [0.15, 0.2) is 59.4 Å². The molecule has 0 amide bonds. The summed E-state index contributed by atoms with van der Waals surface area (Å²) >= 11 is 0. The van der Waals surface area contributed by atoms with Gasteiger partial charge in [0.1, 0.15) is 5.82 Å². The van der Waals surface area contributed by atoms with Crippen molar-refractivity contribution in [3.63, 3.8) is 0 Å². The third kappa shape index (κ3) is 5.40. The Bertz CT molecular complexity index is 1230. The van der Waals surface area contributed by atoms with Gasteiger partial charge in [-0.25, -0.2) is 4.98 Å². The first-order valence-corrected chi connectivity index (χ1v) is 11.2. The lowest BCUT2D eigenvalue weighted by Gasteiger charge is -2.14. The second-order valence-electron chi connectivity index (χ2n) is 7.91. The third-order valence-corrected chi connectivity index (χ3v) is 5.58. The molecular weight excluding hydrogens is 416 g/mol. The molecule has 0 aliphatic carbocycles. The largest absolute Gasteiger partial charge is 0.384 e. The van der Waals surface area contributed by atoms with E-state index in [1.54, 1.807) is 17.7 Å². The van der Waals surface area contributed by atoms with Crippen LogP contribution in [0.4, 0.5) is 0 Å². The van der Waals surface area contributed by atoms with Crippen molar-refractivity contribution in [2.24, 2.45) is 0 Å². The van der Waals surface area contributed by atoms with Gasteiger partial charge >= 0.3 is 0 Å². The Hall–Kier alpha value is -3.65. The predicted molar refractivity (Wildman–Crippen MR) is 127 cm³/mol. The van der Waals surface area contributed by atoms with Crippen LogP contribution in [0.25, 0.3) is 22.5 Å². The van der Waals surface area contributed by atoms with Gasteiger partial charge in [0.25, 0.3) is 5.56 Å². The fourth-order valence-electron chi connectivity index (χ4n) is 3.81. The molecule has 8 heteroatoms. The van der Waals surface area contributed by atoms with E-state index in [-0.39, 0.29) is 5.56 Å². The Kier molecular flexibility index (Phi) is 7.36. The normalized spacial score (nSPS) is 11.1. The number of aromatic amines is 1. The molecule has 2 aromatic carbocycles. The molecule has 0 atom stereocenters. The fourth-order valence-corrected chi connectivity index (χ4v) is 3.81. The smallest absolute Gasteiger partial charge is 0.254 e. The molecule has 0 aliphatic rings. The van der Waals surface area contributed by atoms with E-state index in [4.69, 9.17) is 9.72 Å². The van der Waals surface area contributed by atoms with Gasteiger partial charge in [-0.05, 0) is 28.3 Å². The summed E-state index contributed by atoms with van der Waals surface area (Å²) in [5.41, 5.74) is 4.79. The Labute approximate surface area is 192 Å². The molecule has 0 unspecified atom stereocenters. The molecular formula is C25H28N6O2. The number of rotatable bonds is 10. The summed E-state index contributed by atoms with van der Waals surface area (Å²) in [6.07, 6.45) is 3.46. The molecule has 2 aromatic heterocycles. The monoisotopic (exact) mass is 444 g/mol. The van der Waals surface area contributed by atoms with Crippen molar-refractivity contribution in [2.45, 2.75) is 39.2 Å². The van der Waals surface area contributed by atoms with Gasteiger partial charge in [0.05, 0.1) is 18.8 Å². The number of ether oxygens (including phenoxy) is 1. The minimum absolute atomic E-state index is 0.0197. The number of hydrogen-bond acceptors (Lipinski definition) is 6. The van der Waals surface area contributed by atoms with Crippen LogP contribution in [0.1, 0.15) is 36.8 Å². The van der Waals surface area contributed by atoms with E-state index in [9.17, 15) is 4.79 Å². The van der Waals surface area contributed by atoms with Gasteiger partial charge in [0.15, 0.2) is 0 Å².